The van der Waals surface area contributed by atoms with Crippen LogP contribution in [0.5, 0.6) is 5.75 Å². The number of amidine groups is 1. The predicted molar refractivity (Wildman–Crippen MR) is 228 cm³/mol. The van der Waals surface area contributed by atoms with E-state index in [0.717, 1.165) is 81.8 Å². The molecule has 58 heavy (non-hydrogen) atoms. The first-order valence-electron chi connectivity index (χ1n) is 20.4. The summed E-state index contributed by atoms with van der Waals surface area (Å²) >= 11 is 0. The Morgan fingerprint density at radius 1 is 0.983 bits per heavy atom. The molecule has 312 valence electrons. The van der Waals surface area contributed by atoms with E-state index in [1.165, 1.54) is 5.56 Å². The van der Waals surface area contributed by atoms with E-state index in [9.17, 15) is 4.79 Å². The molecular weight excluding hydrogens is 733 g/mol. The number of aliphatic imine (C=N–C) groups is 1. The number of fused-ring (bicyclic) bond motifs is 1. The van der Waals surface area contributed by atoms with Gasteiger partial charge in [0.25, 0.3) is 6.47 Å². The third-order valence-electron chi connectivity index (χ3n) is 11.0. The van der Waals surface area contributed by atoms with Crippen molar-refractivity contribution in [1.29, 1.82) is 10.8 Å². The molecule has 0 saturated carbocycles. The predicted octanol–water partition coefficient (Wildman–Crippen LogP) is 6.34. The number of nitrogens with one attached hydrogen (secondary N) is 4. The van der Waals surface area contributed by atoms with Gasteiger partial charge in [0.1, 0.15) is 23.2 Å². The summed E-state index contributed by atoms with van der Waals surface area (Å²) in [5.74, 6) is 1.28. The van der Waals surface area contributed by atoms with Crippen LogP contribution >= 0.6 is 0 Å². The fraction of sp³-hybridized carbons (Fsp3) is 0.477. The molecule has 6 rings (SSSR count). The van der Waals surface area contributed by atoms with Crippen LogP contribution in [0.4, 0.5) is 10.5 Å². The maximum Gasteiger partial charge on any atom is 0.320 e. The van der Waals surface area contributed by atoms with Gasteiger partial charge in [-0.1, -0.05) is 57.2 Å². The highest BCUT2D eigenvalue weighted by molar-refractivity contribution is 6.05. The molecule has 2 unspecified atom stereocenters. The number of allylic oxidation sites excluding steroid dienone is 1. The minimum Gasteiger partial charge on any atom is -0.484 e. The average molecular weight is 795 g/mol. The van der Waals surface area contributed by atoms with Gasteiger partial charge >= 0.3 is 6.03 Å². The van der Waals surface area contributed by atoms with Crippen molar-refractivity contribution in [3.05, 3.63) is 101 Å². The van der Waals surface area contributed by atoms with Crippen molar-refractivity contribution in [1.82, 2.24) is 29.9 Å². The number of rotatable bonds is 7. The number of amides is 2. The van der Waals surface area contributed by atoms with Gasteiger partial charge in [-0.05, 0) is 107 Å². The summed E-state index contributed by atoms with van der Waals surface area (Å²) in [6, 6.07) is 19.4. The van der Waals surface area contributed by atoms with Gasteiger partial charge in [0, 0.05) is 49.4 Å². The van der Waals surface area contributed by atoms with Crippen molar-refractivity contribution in [3.8, 4) is 5.75 Å². The molecule has 3 atom stereocenters. The summed E-state index contributed by atoms with van der Waals surface area (Å²) in [7, 11) is 2.18. The second-order valence-corrected chi connectivity index (χ2v) is 16.5. The van der Waals surface area contributed by atoms with Gasteiger partial charge in [-0.2, -0.15) is 0 Å². The standard InChI is InChI=1S/C43H60N10O2.CH2O2/c1-30-12-8-9-23-52(30)41(46)53-29-33(17-20-39(53)45)55-37-19-18-36(34-15-6-7-16-35(34)37)48-42(54)49-40(27-38(44)43(2,3)4)47-32-14-10-13-31(26-32)28-51-22-11-21-50(5)24-25-51;2-1-3/h6-7,10,13-17,20,26-27,29-30,36-37,45-46H,8-9,11-12,18-19,21-25,28,44H2,1-5H3,(H2,47,48,49,54);1H,(H,2,3)/b38-27-,45-39?,46-41?;/t30-,36?,37?;/m0./s1. The molecule has 2 aliphatic heterocycles. The number of piperidine rings is 1. The van der Waals surface area contributed by atoms with Crippen molar-refractivity contribution < 1.29 is 19.4 Å². The number of urea groups is 1. The van der Waals surface area contributed by atoms with E-state index in [2.05, 4.69) is 51.4 Å². The summed E-state index contributed by atoms with van der Waals surface area (Å²) in [6.45, 7) is 13.9. The molecular formula is C44H62N10O4. The summed E-state index contributed by atoms with van der Waals surface area (Å²) in [5.41, 5.74) is 11.0. The number of likely N-dealkylation sites (tertiary alicyclic amines) is 1. The highest BCUT2D eigenvalue weighted by Gasteiger charge is 2.30. The molecule has 0 bridgehead atoms. The van der Waals surface area contributed by atoms with Crippen LogP contribution in [-0.2, 0) is 11.3 Å². The molecule has 3 heterocycles. The molecule has 0 radical (unpaired) electrons. The fourth-order valence-electron chi connectivity index (χ4n) is 7.61. The summed E-state index contributed by atoms with van der Waals surface area (Å²) < 4.78 is 8.18. The van der Waals surface area contributed by atoms with Gasteiger partial charge in [-0.15, -0.1) is 0 Å². The Morgan fingerprint density at radius 3 is 2.48 bits per heavy atom. The first kappa shape index (κ1) is 43.6. The van der Waals surface area contributed by atoms with Gasteiger partial charge < -0.3 is 30.7 Å². The summed E-state index contributed by atoms with van der Waals surface area (Å²) in [6.07, 6.45) is 9.00. The van der Waals surface area contributed by atoms with E-state index in [1.807, 2.05) is 57.2 Å². The van der Waals surface area contributed by atoms with Crippen LogP contribution in [0.1, 0.15) is 95.1 Å². The number of carbonyl (C=O) groups is 2. The van der Waals surface area contributed by atoms with Gasteiger partial charge in [0.2, 0.25) is 5.96 Å². The molecule has 14 heteroatoms. The van der Waals surface area contributed by atoms with Crippen molar-refractivity contribution >= 4 is 30.0 Å². The molecule has 2 amide bonds. The lowest BCUT2D eigenvalue weighted by Crippen LogP contribution is -2.47. The van der Waals surface area contributed by atoms with E-state index in [1.54, 1.807) is 29.0 Å². The van der Waals surface area contributed by atoms with E-state index in [4.69, 9.17) is 36.2 Å². The number of ether oxygens (including phenoxy) is 1. The molecule has 2 fully saturated rings. The van der Waals surface area contributed by atoms with Gasteiger partial charge in [0.15, 0.2) is 0 Å². The smallest absolute Gasteiger partial charge is 0.320 e. The van der Waals surface area contributed by atoms with Gasteiger partial charge in [0.05, 0.1) is 17.9 Å². The Bertz CT molecular complexity index is 2000. The molecule has 3 aromatic rings. The number of aromatic nitrogens is 1. The number of carbonyl (C=O) groups excluding carboxylic acids is 1. The first-order valence-corrected chi connectivity index (χ1v) is 20.4. The molecule has 2 saturated heterocycles. The van der Waals surface area contributed by atoms with Crippen LogP contribution in [0, 0.1) is 16.2 Å². The van der Waals surface area contributed by atoms with Crippen LogP contribution in [0.25, 0.3) is 0 Å². The zero-order valence-electron chi connectivity index (χ0n) is 34.7. The number of likely N-dealkylation sites (N-methyl/N-ethyl adjacent to an activating group) is 1. The lowest BCUT2D eigenvalue weighted by atomic mass is 9.85. The first-order chi connectivity index (χ1) is 27.7. The van der Waals surface area contributed by atoms with Crippen LogP contribution in [-0.4, -0.2) is 94.5 Å². The maximum atomic E-state index is 13.7. The highest BCUT2D eigenvalue weighted by atomic mass is 16.5. The number of carboxylic acid groups (broad SMARTS) is 1. The minimum atomic E-state index is -0.363. The number of hydrogen-bond acceptors (Lipinski definition) is 9. The Kier molecular flexibility index (Phi) is 15.3. The molecule has 14 nitrogen and oxygen atoms in total. The van der Waals surface area contributed by atoms with Gasteiger partial charge in [-0.25, -0.2) is 9.79 Å². The lowest BCUT2D eigenvalue weighted by molar-refractivity contribution is -0.122. The average Bonchev–Trinajstić information content (AvgIpc) is 3.39. The van der Waals surface area contributed by atoms with Crippen LogP contribution in [0.3, 0.4) is 0 Å². The zero-order valence-corrected chi connectivity index (χ0v) is 34.7. The Labute approximate surface area is 342 Å². The van der Waals surface area contributed by atoms with Gasteiger partial charge in [-0.3, -0.25) is 30.4 Å². The van der Waals surface area contributed by atoms with Crippen molar-refractivity contribution in [2.75, 3.05) is 39.8 Å². The molecule has 3 aliphatic rings. The topological polar surface area (TPSA) is 188 Å². The quantitative estimate of drug-likeness (QED) is 0.0909. The van der Waals surface area contributed by atoms with Crippen molar-refractivity contribution in [2.24, 2.45) is 16.1 Å². The fourth-order valence-corrected chi connectivity index (χ4v) is 7.61. The lowest BCUT2D eigenvalue weighted by Gasteiger charge is -2.36. The number of nitrogens with two attached hydrogens (primary N) is 1. The zero-order chi connectivity index (χ0) is 41.8. The SMILES string of the molecule is C[C@H]1CCCCN1C(=N)n1cc(OC2CCC(NC(=O)NC(/C=C(\N)C(C)(C)C)=Nc3cccc(CN4CCCN(C)CC4)c3)c3ccccc32)ccc1=N.O=CO. The number of hydrogen-bond donors (Lipinski definition) is 6. The summed E-state index contributed by atoms with van der Waals surface area (Å²) in [5, 5.41) is 30.6. The highest BCUT2D eigenvalue weighted by Crippen LogP contribution is 2.38. The van der Waals surface area contributed by atoms with E-state index >= 15 is 0 Å². The third-order valence-corrected chi connectivity index (χ3v) is 11.0. The van der Waals surface area contributed by atoms with Crippen molar-refractivity contribution in [2.45, 2.75) is 91.0 Å². The minimum absolute atomic E-state index is 0.241. The largest absolute Gasteiger partial charge is 0.484 e. The third kappa shape index (κ3) is 12.0. The van der Waals surface area contributed by atoms with E-state index in [-0.39, 0.29) is 41.6 Å². The molecule has 7 N–H and O–H groups in total. The number of nitrogens with zero attached hydrogens (tertiary/aromatic N) is 5. The van der Waals surface area contributed by atoms with Crippen molar-refractivity contribution in [3.63, 3.8) is 0 Å². The second kappa shape index (κ2) is 20.3. The molecule has 0 spiro atoms. The Balaban J connectivity index is 0.00000207. The maximum absolute atomic E-state index is 13.7. The van der Waals surface area contributed by atoms with E-state index in [0.29, 0.717) is 36.1 Å². The molecule has 1 aliphatic carbocycles. The van der Waals surface area contributed by atoms with Crippen LogP contribution in [0.15, 0.2) is 83.6 Å². The van der Waals surface area contributed by atoms with E-state index < -0.39 is 0 Å². The summed E-state index contributed by atoms with van der Waals surface area (Å²) in [4.78, 5) is 33.9. The molecule has 1 aromatic heterocycles. The number of pyridine rings is 1. The van der Waals surface area contributed by atoms with Crippen LogP contribution in [0.2, 0.25) is 0 Å². The Morgan fingerprint density at radius 2 is 1.74 bits per heavy atom. The Hall–Kier alpha value is -5.47. The van der Waals surface area contributed by atoms with Crippen LogP contribution < -0.4 is 26.6 Å². The monoisotopic (exact) mass is 794 g/mol. The second-order valence-electron chi connectivity index (χ2n) is 16.5. The number of benzene rings is 2. The normalized spacial score (nSPS) is 20.8. The molecule has 2 aromatic carbocycles.